The van der Waals surface area contributed by atoms with Crippen molar-refractivity contribution in [2.75, 3.05) is 16.9 Å². The summed E-state index contributed by atoms with van der Waals surface area (Å²) in [6.07, 6.45) is 1.38. The molecule has 110 valence electrons. The van der Waals surface area contributed by atoms with Gasteiger partial charge in [0.1, 0.15) is 11.6 Å². The number of anilines is 2. The van der Waals surface area contributed by atoms with E-state index in [9.17, 15) is 13.4 Å². The van der Waals surface area contributed by atoms with Crippen molar-refractivity contribution < 1.29 is 18.5 Å². The highest BCUT2D eigenvalue weighted by Gasteiger charge is 2.09. The number of urea groups is 1. The highest BCUT2D eigenvalue weighted by atomic mass is 32.2. The van der Waals surface area contributed by atoms with E-state index >= 15 is 0 Å². The summed E-state index contributed by atoms with van der Waals surface area (Å²) in [6, 6.07) is 9.30. The fourth-order valence-corrected chi connectivity index (χ4v) is 2.24. The summed E-state index contributed by atoms with van der Waals surface area (Å²) < 4.78 is 24.8. The Hall–Kier alpha value is -2.41. The number of halogens is 1. The van der Waals surface area contributed by atoms with Gasteiger partial charge in [0.15, 0.2) is 0 Å². The van der Waals surface area contributed by atoms with Crippen LogP contribution in [0, 0.1) is 5.82 Å². The first-order valence-electron chi connectivity index (χ1n) is 5.96. The molecule has 5 nitrogen and oxygen atoms in total. The Kier molecular flexibility index (Phi) is 4.54. The standard InChI is InChI=1S/C14H13FN2O3S/c1-21(20)13-7-4-10(8-12(13)15)17-14(19)16-9-2-5-11(18)6-3-9/h2-8,18H,1H3,(H2,16,17,19)/t21-/m1/s1. The summed E-state index contributed by atoms with van der Waals surface area (Å²) in [4.78, 5) is 11.8. The lowest BCUT2D eigenvalue weighted by Crippen LogP contribution is -2.19. The van der Waals surface area contributed by atoms with Crippen molar-refractivity contribution in [1.82, 2.24) is 0 Å². The normalized spacial score (nSPS) is 11.7. The second-order valence-electron chi connectivity index (χ2n) is 4.23. The van der Waals surface area contributed by atoms with E-state index in [1.807, 2.05) is 0 Å². The van der Waals surface area contributed by atoms with Crippen LogP contribution in [0.25, 0.3) is 0 Å². The van der Waals surface area contributed by atoms with E-state index in [1.54, 1.807) is 0 Å². The second-order valence-corrected chi connectivity index (χ2v) is 5.57. The number of hydrogen-bond acceptors (Lipinski definition) is 3. The summed E-state index contributed by atoms with van der Waals surface area (Å²) in [5, 5.41) is 14.1. The van der Waals surface area contributed by atoms with E-state index in [0.717, 1.165) is 6.07 Å². The molecule has 0 saturated carbocycles. The largest absolute Gasteiger partial charge is 0.508 e. The minimum absolute atomic E-state index is 0.0829. The van der Waals surface area contributed by atoms with Crippen molar-refractivity contribution in [1.29, 1.82) is 0 Å². The van der Waals surface area contributed by atoms with Gasteiger partial charge in [-0.3, -0.25) is 4.21 Å². The molecule has 0 aromatic heterocycles. The molecule has 3 N–H and O–H groups in total. The lowest BCUT2D eigenvalue weighted by molar-refractivity contribution is 0.262. The number of benzene rings is 2. The van der Waals surface area contributed by atoms with Crippen LogP contribution in [-0.4, -0.2) is 21.6 Å². The van der Waals surface area contributed by atoms with Crippen LogP contribution >= 0.6 is 0 Å². The van der Waals surface area contributed by atoms with Crippen molar-refractivity contribution in [3.63, 3.8) is 0 Å². The van der Waals surface area contributed by atoms with E-state index < -0.39 is 22.6 Å². The average Bonchev–Trinajstić information content (AvgIpc) is 2.41. The number of amides is 2. The smallest absolute Gasteiger partial charge is 0.323 e. The van der Waals surface area contributed by atoms with E-state index in [1.165, 1.54) is 42.7 Å². The zero-order valence-electron chi connectivity index (χ0n) is 11.1. The van der Waals surface area contributed by atoms with Crippen molar-refractivity contribution in [2.24, 2.45) is 0 Å². The molecule has 1 atom stereocenters. The van der Waals surface area contributed by atoms with Gasteiger partial charge in [-0.05, 0) is 42.5 Å². The maximum Gasteiger partial charge on any atom is 0.323 e. The predicted octanol–water partition coefficient (Wildman–Crippen LogP) is 2.91. The summed E-state index contributed by atoms with van der Waals surface area (Å²) in [5.74, 6) is -0.551. The maximum absolute atomic E-state index is 13.6. The molecule has 0 bridgehead atoms. The van der Waals surface area contributed by atoms with Gasteiger partial charge in [-0.15, -0.1) is 0 Å². The molecule has 0 aliphatic rings. The second kappa shape index (κ2) is 6.36. The molecule has 0 aliphatic carbocycles. The fourth-order valence-electron chi connectivity index (χ4n) is 1.65. The SMILES string of the molecule is C[S@@](=O)c1ccc(NC(=O)Nc2ccc(O)cc2)cc1F. The van der Waals surface area contributed by atoms with Gasteiger partial charge in [-0.2, -0.15) is 0 Å². The molecule has 0 heterocycles. The quantitative estimate of drug-likeness (QED) is 0.763. The highest BCUT2D eigenvalue weighted by Crippen LogP contribution is 2.18. The minimum Gasteiger partial charge on any atom is -0.508 e. The average molecular weight is 308 g/mol. The van der Waals surface area contributed by atoms with Crippen LogP contribution in [0.5, 0.6) is 5.75 Å². The molecule has 0 saturated heterocycles. The zero-order chi connectivity index (χ0) is 15.4. The van der Waals surface area contributed by atoms with Crippen LogP contribution in [-0.2, 0) is 10.8 Å². The Morgan fingerprint density at radius 1 is 1.10 bits per heavy atom. The Morgan fingerprint density at radius 2 is 1.67 bits per heavy atom. The van der Waals surface area contributed by atoms with Gasteiger partial charge in [0.25, 0.3) is 0 Å². The fraction of sp³-hybridized carbons (Fsp3) is 0.0714. The summed E-state index contributed by atoms with van der Waals surface area (Å²) in [6.45, 7) is 0. The topological polar surface area (TPSA) is 78.4 Å². The highest BCUT2D eigenvalue weighted by molar-refractivity contribution is 7.84. The molecular formula is C14H13FN2O3S. The monoisotopic (exact) mass is 308 g/mol. The third-order valence-corrected chi connectivity index (χ3v) is 3.58. The lowest BCUT2D eigenvalue weighted by Gasteiger charge is -2.08. The zero-order valence-corrected chi connectivity index (χ0v) is 11.9. The molecular weight excluding hydrogens is 295 g/mol. The van der Waals surface area contributed by atoms with Gasteiger partial charge in [0.2, 0.25) is 0 Å². The molecule has 21 heavy (non-hydrogen) atoms. The van der Waals surface area contributed by atoms with E-state index in [-0.39, 0.29) is 16.3 Å². The first kappa shape index (κ1) is 15.0. The molecule has 2 amide bonds. The van der Waals surface area contributed by atoms with Crippen LogP contribution in [0.4, 0.5) is 20.6 Å². The van der Waals surface area contributed by atoms with Gasteiger partial charge in [0.05, 0.1) is 15.7 Å². The van der Waals surface area contributed by atoms with Crippen molar-refractivity contribution in [3.8, 4) is 5.75 Å². The number of carbonyl (C=O) groups excluding carboxylic acids is 1. The lowest BCUT2D eigenvalue weighted by atomic mass is 10.3. The molecule has 2 rings (SSSR count). The van der Waals surface area contributed by atoms with E-state index in [4.69, 9.17) is 5.11 Å². The number of phenols is 1. The van der Waals surface area contributed by atoms with Gasteiger partial charge in [-0.1, -0.05) is 0 Å². The number of nitrogens with one attached hydrogen (secondary N) is 2. The minimum atomic E-state index is -1.42. The van der Waals surface area contributed by atoms with Crippen LogP contribution in [0.1, 0.15) is 0 Å². The van der Waals surface area contributed by atoms with Crippen LogP contribution in [0.2, 0.25) is 0 Å². The molecule has 2 aromatic rings. The Morgan fingerprint density at radius 3 is 2.24 bits per heavy atom. The van der Waals surface area contributed by atoms with Crippen molar-refractivity contribution in [2.45, 2.75) is 4.90 Å². The Bertz CT molecular complexity index is 689. The van der Waals surface area contributed by atoms with Gasteiger partial charge in [-0.25, -0.2) is 9.18 Å². The maximum atomic E-state index is 13.6. The molecule has 0 fully saturated rings. The number of hydrogen-bond donors (Lipinski definition) is 3. The number of rotatable bonds is 3. The van der Waals surface area contributed by atoms with Crippen LogP contribution in [0.15, 0.2) is 47.4 Å². The Balaban J connectivity index is 2.04. The summed E-state index contributed by atoms with van der Waals surface area (Å²) >= 11 is 0. The first-order chi connectivity index (χ1) is 9.95. The van der Waals surface area contributed by atoms with Gasteiger partial charge in [0, 0.05) is 17.6 Å². The summed E-state index contributed by atoms with van der Waals surface area (Å²) in [5.41, 5.74) is 0.732. The van der Waals surface area contributed by atoms with Gasteiger partial charge >= 0.3 is 6.03 Å². The molecule has 0 radical (unpaired) electrons. The van der Waals surface area contributed by atoms with E-state index in [2.05, 4.69) is 10.6 Å². The Labute approximate surface area is 123 Å². The number of carbonyl (C=O) groups is 1. The molecule has 7 heteroatoms. The molecule has 2 aromatic carbocycles. The van der Waals surface area contributed by atoms with Crippen LogP contribution < -0.4 is 10.6 Å². The van der Waals surface area contributed by atoms with Crippen LogP contribution in [0.3, 0.4) is 0 Å². The first-order valence-corrected chi connectivity index (χ1v) is 7.51. The van der Waals surface area contributed by atoms with Gasteiger partial charge < -0.3 is 15.7 Å². The van der Waals surface area contributed by atoms with Crippen molar-refractivity contribution >= 4 is 28.2 Å². The molecule has 0 aliphatic heterocycles. The van der Waals surface area contributed by atoms with E-state index in [0.29, 0.717) is 5.69 Å². The third-order valence-electron chi connectivity index (χ3n) is 2.62. The third kappa shape index (κ3) is 4.03. The summed E-state index contributed by atoms with van der Waals surface area (Å²) in [7, 11) is -1.42. The number of phenolic OH excluding ortho intramolecular Hbond substituents is 1. The molecule has 0 spiro atoms. The van der Waals surface area contributed by atoms with Crippen molar-refractivity contribution in [3.05, 3.63) is 48.3 Å². The molecule has 0 unspecified atom stereocenters. The predicted molar refractivity (Wildman–Crippen MR) is 79.5 cm³/mol. The number of aromatic hydroxyl groups is 1.